The lowest BCUT2D eigenvalue weighted by atomic mass is 9.81. The second kappa shape index (κ2) is 12.1. The van der Waals surface area contributed by atoms with Gasteiger partial charge in [0.15, 0.2) is 0 Å². The van der Waals surface area contributed by atoms with Crippen molar-refractivity contribution in [2.45, 2.75) is 19.3 Å². The average molecular weight is 699 g/mol. The van der Waals surface area contributed by atoms with Gasteiger partial charge in [-0.15, -0.1) is 0 Å². The summed E-state index contributed by atoms with van der Waals surface area (Å²) in [6.45, 7) is 4.70. The zero-order valence-corrected chi connectivity index (χ0v) is 31.0. The van der Waals surface area contributed by atoms with Gasteiger partial charge in [-0.3, -0.25) is 0 Å². The van der Waals surface area contributed by atoms with Crippen LogP contribution in [0.15, 0.2) is 194 Å². The Morgan fingerprint density at radius 2 is 0.691 bits per heavy atom. The van der Waals surface area contributed by atoms with E-state index in [0.717, 1.165) is 0 Å². The fourth-order valence-electron chi connectivity index (χ4n) is 9.54. The highest BCUT2D eigenvalue weighted by Gasteiger charge is 2.35. The zero-order valence-electron chi connectivity index (χ0n) is 31.0. The summed E-state index contributed by atoms with van der Waals surface area (Å²) in [6, 6.07) is 71.9. The molecule has 0 aromatic heterocycles. The van der Waals surface area contributed by atoms with Gasteiger partial charge in [-0.25, -0.2) is 0 Å². The van der Waals surface area contributed by atoms with E-state index in [2.05, 4.69) is 208 Å². The first-order chi connectivity index (χ1) is 27.0. The van der Waals surface area contributed by atoms with Crippen LogP contribution >= 0.6 is 0 Å². The van der Waals surface area contributed by atoms with Crippen molar-refractivity contribution < 1.29 is 0 Å². The molecule has 11 rings (SSSR count). The first-order valence-electron chi connectivity index (χ1n) is 19.3. The predicted molar refractivity (Wildman–Crippen MR) is 233 cm³/mol. The van der Waals surface area contributed by atoms with Crippen LogP contribution in [-0.4, -0.2) is 0 Å². The molecular formula is C55H38. The van der Waals surface area contributed by atoms with E-state index in [4.69, 9.17) is 0 Å². The van der Waals surface area contributed by atoms with Crippen LogP contribution in [0, 0.1) is 0 Å². The van der Waals surface area contributed by atoms with Gasteiger partial charge in [0.05, 0.1) is 0 Å². The summed E-state index contributed by atoms with van der Waals surface area (Å²) in [5, 5.41) is 2.64. The molecule has 0 bridgehead atoms. The largest absolute Gasteiger partial charge is 0.0622 e. The maximum absolute atomic E-state index is 2.40. The summed E-state index contributed by atoms with van der Waals surface area (Å²) < 4.78 is 0. The molecule has 55 heavy (non-hydrogen) atoms. The van der Waals surface area contributed by atoms with Crippen molar-refractivity contribution in [2.24, 2.45) is 0 Å². The second-order valence-corrected chi connectivity index (χ2v) is 15.6. The third-order valence-electron chi connectivity index (χ3n) is 12.3. The lowest BCUT2D eigenvalue weighted by Crippen LogP contribution is -2.14. The van der Waals surface area contributed by atoms with Gasteiger partial charge in [0.1, 0.15) is 0 Å². The number of rotatable bonds is 5. The van der Waals surface area contributed by atoms with E-state index in [-0.39, 0.29) is 5.41 Å². The highest BCUT2D eigenvalue weighted by Crippen LogP contribution is 2.56. The maximum atomic E-state index is 2.40. The molecule has 0 atom stereocenters. The number of benzene rings is 9. The lowest BCUT2D eigenvalue weighted by Gasteiger charge is -2.22. The molecule has 9 aromatic carbocycles. The topological polar surface area (TPSA) is 0 Å². The fourth-order valence-corrected chi connectivity index (χ4v) is 9.54. The number of hydrogen-bond donors (Lipinski definition) is 0. The molecule has 0 heteroatoms. The SMILES string of the molecule is CC1(C)c2ccccc2-c2ccc(-c3ccc(-c4ccc(-c5ccc6c7c(cccc57)-c5c(-c7ccccc7)ccc(-c7ccccc7)c5-6)cc4)cc3)cc21. The first-order valence-corrected chi connectivity index (χ1v) is 19.3. The molecule has 0 heterocycles. The molecule has 0 radical (unpaired) electrons. The van der Waals surface area contributed by atoms with E-state index in [9.17, 15) is 0 Å². The van der Waals surface area contributed by atoms with Crippen molar-refractivity contribution in [2.75, 3.05) is 0 Å². The molecule has 0 saturated carbocycles. The van der Waals surface area contributed by atoms with E-state index in [1.54, 1.807) is 0 Å². The van der Waals surface area contributed by atoms with Crippen LogP contribution in [-0.2, 0) is 5.41 Å². The number of hydrogen-bond acceptors (Lipinski definition) is 0. The van der Waals surface area contributed by atoms with Crippen molar-refractivity contribution in [3.05, 3.63) is 205 Å². The van der Waals surface area contributed by atoms with Crippen molar-refractivity contribution in [1.82, 2.24) is 0 Å². The van der Waals surface area contributed by atoms with Crippen LogP contribution in [0.4, 0.5) is 0 Å². The van der Waals surface area contributed by atoms with E-state index < -0.39 is 0 Å². The molecule has 2 aliphatic carbocycles. The van der Waals surface area contributed by atoms with Gasteiger partial charge in [-0.2, -0.15) is 0 Å². The highest BCUT2D eigenvalue weighted by molar-refractivity contribution is 6.23. The van der Waals surface area contributed by atoms with Crippen molar-refractivity contribution in [3.63, 3.8) is 0 Å². The molecule has 0 spiro atoms. The zero-order chi connectivity index (χ0) is 36.7. The normalized spacial score (nSPS) is 13.1. The van der Waals surface area contributed by atoms with Crippen molar-refractivity contribution in [1.29, 1.82) is 0 Å². The van der Waals surface area contributed by atoms with Gasteiger partial charge in [-0.05, 0) is 117 Å². The van der Waals surface area contributed by atoms with E-state index in [1.807, 2.05) is 0 Å². The quantitative estimate of drug-likeness (QED) is 0.168. The maximum Gasteiger partial charge on any atom is 0.0159 e. The minimum atomic E-state index is -0.00519. The van der Waals surface area contributed by atoms with Crippen LogP contribution in [0.5, 0.6) is 0 Å². The Bertz CT molecular complexity index is 2870. The minimum Gasteiger partial charge on any atom is -0.0622 e. The monoisotopic (exact) mass is 698 g/mol. The van der Waals surface area contributed by atoms with Crippen LogP contribution in [0.3, 0.4) is 0 Å². The van der Waals surface area contributed by atoms with Crippen LogP contribution in [0.2, 0.25) is 0 Å². The van der Waals surface area contributed by atoms with E-state index in [0.29, 0.717) is 0 Å². The number of fused-ring (bicyclic) bond motifs is 6. The smallest absolute Gasteiger partial charge is 0.0159 e. The Hall–Kier alpha value is -6.76. The van der Waals surface area contributed by atoms with Crippen LogP contribution in [0.1, 0.15) is 25.0 Å². The summed E-state index contributed by atoms with van der Waals surface area (Å²) in [5.41, 5.74) is 23.3. The molecule has 0 N–H and O–H groups in total. The summed E-state index contributed by atoms with van der Waals surface area (Å²) in [4.78, 5) is 0. The Morgan fingerprint density at radius 1 is 0.273 bits per heavy atom. The summed E-state index contributed by atoms with van der Waals surface area (Å²) >= 11 is 0. The Balaban J connectivity index is 0.948. The van der Waals surface area contributed by atoms with Gasteiger partial charge in [0.2, 0.25) is 0 Å². The standard InChI is InChI=1S/C55H38/c1-55(2)50-19-10-9-16-45(50)46-29-28-41(34-51(46)55)37-22-20-35(21-23-37)36-24-26-40(27-25-36)42-30-33-49-52-47(42)17-11-18-48(52)53-43(38-12-5-3-6-13-38)31-32-44(54(49)53)39-14-7-4-8-15-39/h3-34H,1-2H3. The Labute approximate surface area is 323 Å². The van der Waals surface area contributed by atoms with Crippen LogP contribution < -0.4 is 0 Å². The third kappa shape index (κ3) is 4.85. The van der Waals surface area contributed by atoms with Crippen molar-refractivity contribution in [3.8, 4) is 89.0 Å². The van der Waals surface area contributed by atoms with Crippen LogP contribution in [0.25, 0.3) is 99.8 Å². The molecule has 258 valence electrons. The fraction of sp³-hybridized carbons (Fsp3) is 0.0545. The van der Waals surface area contributed by atoms with E-state index in [1.165, 1.54) is 111 Å². The predicted octanol–water partition coefficient (Wildman–Crippen LogP) is 15.1. The second-order valence-electron chi connectivity index (χ2n) is 15.6. The Kier molecular flexibility index (Phi) is 7.00. The van der Waals surface area contributed by atoms with Gasteiger partial charge >= 0.3 is 0 Å². The molecular weight excluding hydrogens is 661 g/mol. The van der Waals surface area contributed by atoms with Gasteiger partial charge in [0, 0.05) is 5.41 Å². The molecule has 0 amide bonds. The molecule has 0 fully saturated rings. The summed E-state index contributed by atoms with van der Waals surface area (Å²) in [6.07, 6.45) is 0. The summed E-state index contributed by atoms with van der Waals surface area (Å²) in [7, 11) is 0. The molecule has 0 saturated heterocycles. The Morgan fingerprint density at radius 3 is 1.33 bits per heavy atom. The van der Waals surface area contributed by atoms with Gasteiger partial charge in [-0.1, -0.05) is 202 Å². The van der Waals surface area contributed by atoms with Gasteiger partial charge in [0.25, 0.3) is 0 Å². The molecule has 0 aliphatic heterocycles. The third-order valence-corrected chi connectivity index (χ3v) is 12.3. The van der Waals surface area contributed by atoms with Crippen molar-refractivity contribution >= 4 is 10.8 Å². The lowest BCUT2D eigenvalue weighted by molar-refractivity contribution is 0.660. The molecule has 2 aliphatic rings. The minimum absolute atomic E-state index is 0.00519. The summed E-state index contributed by atoms with van der Waals surface area (Å²) in [5.74, 6) is 0. The highest BCUT2D eigenvalue weighted by atomic mass is 14.4. The molecule has 0 unspecified atom stereocenters. The molecule has 0 nitrogen and oxygen atoms in total. The van der Waals surface area contributed by atoms with Gasteiger partial charge < -0.3 is 0 Å². The molecule has 9 aromatic rings. The average Bonchev–Trinajstić information content (AvgIpc) is 3.71. The first kappa shape index (κ1) is 31.7. The van der Waals surface area contributed by atoms with E-state index >= 15 is 0 Å².